The van der Waals surface area contributed by atoms with Crippen molar-refractivity contribution in [2.45, 2.75) is 26.2 Å². The van der Waals surface area contributed by atoms with E-state index < -0.39 is 7.25 Å². The van der Waals surface area contributed by atoms with E-state index in [0.717, 1.165) is 5.69 Å². The summed E-state index contributed by atoms with van der Waals surface area (Å²) in [4.78, 5) is 5.08. The molecular weight excluding hydrogens is 396 g/mol. The lowest BCUT2D eigenvalue weighted by atomic mass is 9.87. The van der Waals surface area contributed by atoms with Gasteiger partial charge in [-0.2, -0.15) is 0 Å². The van der Waals surface area contributed by atoms with E-state index in [0.29, 0.717) is 16.5 Å². The number of nitrogens with zero attached hydrogens (tertiary/aromatic N) is 3. The van der Waals surface area contributed by atoms with E-state index in [1.165, 1.54) is 5.56 Å². The van der Waals surface area contributed by atoms with Crippen LogP contribution in [0.1, 0.15) is 26.3 Å². The van der Waals surface area contributed by atoms with Crippen molar-refractivity contribution in [1.82, 2.24) is 0 Å². The summed E-state index contributed by atoms with van der Waals surface area (Å²) in [7, 11) is -2.20. The van der Waals surface area contributed by atoms with Crippen molar-refractivity contribution >= 4 is 30.2 Å². The zero-order chi connectivity index (χ0) is 21.7. The molecule has 0 N–H and O–H groups in total. The normalized spacial score (nSPS) is 11.2. The molecule has 28 heavy (non-hydrogen) atoms. The predicted molar refractivity (Wildman–Crippen MR) is 106 cm³/mol. The van der Waals surface area contributed by atoms with Gasteiger partial charge < -0.3 is 26.9 Å². The van der Waals surface area contributed by atoms with Crippen LogP contribution >= 0.6 is 11.6 Å². The Labute approximate surface area is 166 Å². The Hall–Kier alpha value is -2.47. The molecule has 0 atom stereocenters. The van der Waals surface area contributed by atoms with E-state index >= 15 is 0 Å². The molecule has 2 aromatic carbocycles. The molecule has 0 amide bonds. The van der Waals surface area contributed by atoms with Crippen LogP contribution in [-0.2, 0) is 5.41 Å². The second-order valence-electron chi connectivity index (χ2n) is 7.14. The zero-order valence-electron chi connectivity index (χ0n) is 16.2. The molecular formula is C18H21BClF4N3O. The molecule has 152 valence electrons. The highest BCUT2D eigenvalue weighted by Gasteiger charge is 2.21. The fraction of sp³-hybridized carbons (Fsp3) is 0.333. The minimum absolute atomic E-state index is 0.0938. The van der Waals surface area contributed by atoms with Gasteiger partial charge in [0.2, 0.25) is 5.39 Å². The van der Waals surface area contributed by atoms with Crippen molar-refractivity contribution in [3.63, 3.8) is 0 Å². The first-order valence-corrected chi connectivity index (χ1v) is 8.62. The van der Waals surface area contributed by atoms with Gasteiger partial charge in [-0.05, 0) is 29.2 Å². The van der Waals surface area contributed by atoms with Crippen molar-refractivity contribution in [1.29, 1.82) is 5.39 Å². The van der Waals surface area contributed by atoms with Crippen LogP contribution in [0.5, 0.6) is 11.5 Å². The largest absolute Gasteiger partial charge is 0.673 e. The van der Waals surface area contributed by atoms with Crippen LogP contribution in [0.15, 0.2) is 36.4 Å². The Morgan fingerprint density at radius 3 is 1.93 bits per heavy atom. The molecule has 2 rings (SSSR count). The molecule has 0 heterocycles. The summed E-state index contributed by atoms with van der Waals surface area (Å²) >= 11 is 6.08. The predicted octanol–water partition coefficient (Wildman–Crippen LogP) is 7.28. The van der Waals surface area contributed by atoms with E-state index in [2.05, 4.69) is 37.9 Å². The quantitative estimate of drug-likeness (QED) is 0.299. The highest BCUT2D eigenvalue weighted by molar-refractivity contribution is 6.50. The minimum Gasteiger partial charge on any atom is -0.455 e. The SMILES string of the molecule is CN(C)c1cc(Cl)c([N+]#N)cc1Oc1ccc(C(C)(C)C)cc1.F[B-](F)(F)F. The number of hydrogen-bond donors (Lipinski definition) is 0. The van der Waals surface area contributed by atoms with Gasteiger partial charge in [0.1, 0.15) is 10.8 Å². The molecule has 0 spiro atoms. The van der Waals surface area contributed by atoms with Crippen LogP contribution in [0.3, 0.4) is 0 Å². The Kier molecular flexibility index (Phi) is 7.71. The molecule has 0 unspecified atom stereocenters. The number of hydrogen-bond acceptors (Lipinski definition) is 3. The van der Waals surface area contributed by atoms with E-state index in [4.69, 9.17) is 21.7 Å². The standard InChI is InChI=1S/C18H21ClN3O.BF4/c1-18(2,3)12-6-8-13(9-7-12)23-17-11-15(21-20)14(19)10-16(17)22(4)5;2-1(3,4)5/h6-11H,1-5H3;/q+1;-1. The molecule has 4 nitrogen and oxygen atoms in total. The molecule has 10 heteroatoms. The summed E-state index contributed by atoms with van der Waals surface area (Å²) < 4.78 is 45.0. The highest BCUT2D eigenvalue weighted by atomic mass is 35.5. The van der Waals surface area contributed by atoms with E-state index in [1.54, 1.807) is 12.1 Å². The second kappa shape index (κ2) is 9.15. The molecule has 0 aliphatic heterocycles. The number of diazo groups is 1. The average molecular weight is 418 g/mol. The Balaban J connectivity index is 0.000000696. The third-order valence-corrected chi connectivity index (χ3v) is 3.87. The van der Waals surface area contributed by atoms with E-state index in [9.17, 15) is 17.3 Å². The minimum atomic E-state index is -6.00. The number of anilines is 1. The first kappa shape index (κ1) is 23.6. The average Bonchev–Trinajstić information content (AvgIpc) is 2.54. The van der Waals surface area contributed by atoms with Gasteiger partial charge >= 0.3 is 12.9 Å². The number of ether oxygens (including phenoxy) is 1. The number of benzene rings is 2. The molecule has 0 fully saturated rings. The van der Waals surface area contributed by atoms with Crippen molar-refractivity contribution in [3.05, 3.63) is 52.0 Å². The first-order chi connectivity index (χ1) is 12.7. The fourth-order valence-electron chi connectivity index (χ4n) is 2.19. The molecule has 0 saturated carbocycles. The topological polar surface area (TPSA) is 40.6 Å². The molecule has 0 bridgehead atoms. The van der Waals surface area contributed by atoms with Crippen LogP contribution in [0.4, 0.5) is 28.6 Å². The molecule has 0 aliphatic rings. The fourth-order valence-corrected chi connectivity index (χ4v) is 2.39. The van der Waals surface area contributed by atoms with Crippen molar-refractivity contribution in [3.8, 4) is 11.5 Å². The van der Waals surface area contributed by atoms with Crippen LogP contribution in [-0.4, -0.2) is 21.3 Å². The third-order valence-electron chi connectivity index (χ3n) is 3.57. The maximum Gasteiger partial charge on any atom is 0.673 e. The summed E-state index contributed by atoms with van der Waals surface area (Å²) in [6, 6.07) is 11.3. The molecule has 0 radical (unpaired) electrons. The van der Waals surface area contributed by atoms with Gasteiger partial charge in [0, 0.05) is 14.1 Å². The van der Waals surface area contributed by atoms with E-state index in [-0.39, 0.29) is 11.1 Å². The van der Waals surface area contributed by atoms with Gasteiger partial charge in [-0.1, -0.05) is 44.5 Å². The lowest BCUT2D eigenvalue weighted by Crippen LogP contribution is -2.11. The van der Waals surface area contributed by atoms with Crippen LogP contribution in [0.25, 0.3) is 4.98 Å². The summed E-state index contributed by atoms with van der Waals surface area (Å²) in [6.07, 6.45) is 0. The molecule has 2 aromatic rings. The Morgan fingerprint density at radius 1 is 1.04 bits per heavy atom. The molecule has 0 aromatic heterocycles. The Bertz CT molecular complexity index is 838. The number of rotatable bonds is 3. The zero-order valence-corrected chi connectivity index (χ0v) is 16.9. The van der Waals surface area contributed by atoms with Gasteiger partial charge in [-0.25, -0.2) is 0 Å². The van der Waals surface area contributed by atoms with Crippen molar-refractivity contribution in [2.75, 3.05) is 19.0 Å². The summed E-state index contributed by atoms with van der Waals surface area (Å²) in [5.41, 5.74) is 2.41. The lowest BCUT2D eigenvalue weighted by Gasteiger charge is -2.20. The first-order valence-electron chi connectivity index (χ1n) is 8.24. The van der Waals surface area contributed by atoms with E-state index in [1.807, 2.05) is 31.1 Å². The number of halogens is 5. The van der Waals surface area contributed by atoms with Crippen molar-refractivity contribution in [2.24, 2.45) is 0 Å². The van der Waals surface area contributed by atoms with Gasteiger partial charge in [0.15, 0.2) is 10.7 Å². The van der Waals surface area contributed by atoms with Crippen LogP contribution in [0.2, 0.25) is 5.02 Å². The van der Waals surface area contributed by atoms with Gasteiger partial charge in [-0.3, -0.25) is 0 Å². The summed E-state index contributed by atoms with van der Waals surface area (Å²) in [6.45, 7) is 6.50. The van der Waals surface area contributed by atoms with Crippen molar-refractivity contribution < 1.29 is 22.0 Å². The van der Waals surface area contributed by atoms with Gasteiger partial charge in [0.05, 0.1) is 11.8 Å². The maximum atomic E-state index is 9.75. The second-order valence-corrected chi connectivity index (χ2v) is 7.54. The Morgan fingerprint density at radius 2 is 1.54 bits per heavy atom. The molecule has 0 aliphatic carbocycles. The van der Waals surface area contributed by atoms with Crippen LogP contribution in [0, 0.1) is 5.39 Å². The monoisotopic (exact) mass is 417 g/mol. The highest BCUT2D eigenvalue weighted by Crippen LogP contribution is 2.40. The third kappa shape index (κ3) is 7.65. The molecule has 0 saturated heterocycles. The summed E-state index contributed by atoms with van der Waals surface area (Å²) in [5.74, 6) is 1.29. The lowest BCUT2D eigenvalue weighted by molar-refractivity contribution is 0.368. The maximum absolute atomic E-state index is 9.75. The summed E-state index contributed by atoms with van der Waals surface area (Å²) in [5, 5.41) is 9.40. The van der Waals surface area contributed by atoms with Gasteiger partial charge in [0.25, 0.3) is 0 Å². The van der Waals surface area contributed by atoms with Crippen LogP contribution < -0.4 is 9.64 Å². The van der Waals surface area contributed by atoms with Gasteiger partial charge in [-0.15, -0.1) is 0 Å². The smallest absolute Gasteiger partial charge is 0.455 e.